The van der Waals surface area contributed by atoms with Gasteiger partial charge in [-0.2, -0.15) is 0 Å². The van der Waals surface area contributed by atoms with E-state index in [1.54, 1.807) is 24.3 Å². The normalized spacial score (nSPS) is 10.0. The Balaban J connectivity index is 2.31. The highest BCUT2D eigenvalue weighted by Crippen LogP contribution is 2.27. The van der Waals surface area contributed by atoms with Crippen molar-refractivity contribution in [3.63, 3.8) is 0 Å². The van der Waals surface area contributed by atoms with Crippen LogP contribution in [0.25, 0.3) is 0 Å². The molecule has 7 nitrogen and oxygen atoms in total. The first kappa shape index (κ1) is 14.8. The minimum atomic E-state index is -0.568. The maximum absolute atomic E-state index is 12.2. The van der Waals surface area contributed by atoms with Gasteiger partial charge in [0.05, 0.1) is 26.9 Å². The van der Waals surface area contributed by atoms with Gasteiger partial charge >= 0.3 is 0 Å². The van der Waals surface area contributed by atoms with E-state index in [0.29, 0.717) is 11.3 Å². The third kappa shape index (κ3) is 3.28. The molecule has 2 aromatic rings. The number of hydrogen-bond donors (Lipinski definition) is 3. The number of nitrogen functional groups attached to an aromatic ring is 1. The van der Waals surface area contributed by atoms with Crippen molar-refractivity contribution in [1.82, 2.24) is 0 Å². The van der Waals surface area contributed by atoms with Gasteiger partial charge in [0.25, 0.3) is 11.6 Å². The highest BCUT2D eigenvalue weighted by molar-refractivity contribution is 6.34. The van der Waals surface area contributed by atoms with E-state index in [9.17, 15) is 14.9 Å². The number of nitro benzene ring substituents is 1. The lowest BCUT2D eigenvalue weighted by atomic mass is 10.1. The molecule has 0 aliphatic heterocycles. The maximum Gasteiger partial charge on any atom is 0.271 e. The summed E-state index contributed by atoms with van der Waals surface area (Å²) in [5.74, 6) is 4.85. The second kappa shape index (κ2) is 6.21. The zero-order valence-electron chi connectivity index (χ0n) is 10.7. The van der Waals surface area contributed by atoms with Gasteiger partial charge in [-0.25, -0.2) is 0 Å². The molecule has 8 heteroatoms. The molecule has 0 bridgehead atoms. The van der Waals surface area contributed by atoms with Crippen molar-refractivity contribution in [3.8, 4) is 0 Å². The Morgan fingerprint density at radius 3 is 2.57 bits per heavy atom. The van der Waals surface area contributed by atoms with E-state index in [1.165, 1.54) is 18.2 Å². The molecule has 0 aliphatic carbocycles. The zero-order valence-corrected chi connectivity index (χ0v) is 11.4. The molecular weight excluding hydrogens is 296 g/mol. The minimum absolute atomic E-state index is 0.155. The Kier molecular flexibility index (Phi) is 4.36. The van der Waals surface area contributed by atoms with E-state index < -0.39 is 10.8 Å². The third-order valence-corrected chi connectivity index (χ3v) is 3.07. The fourth-order valence-corrected chi connectivity index (χ4v) is 1.88. The summed E-state index contributed by atoms with van der Waals surface area (Å²) in [6, 6.07) is 10.4. The molecule has 0 aliphatic rings. The number of para-hydroxylation sites is 1. The lowest BCUT2D eigenvalue weighted by Crippen LogP contribution is -2.17. The first-order valence-electron chi connectivity index (χ1n) is 5.84. The number of non-ortho nitro benzene ring substituents is 1. The van der Waals surface area contributed by atoms with Crippen molar-refractivity contribution in [1.29, 1.82) is 0 Å². The molecule has 2 rings (SSSR count). The number of hydrazine groups is 1. The van der Waals surface area contributed by atoms with Gasteiger partial charge in [-0.05, 0) is 18.2 Å². The molecule has 0 radical (unpaired) electrons. The second-order valence-electron chi connectivity index (χ2n) is 4.07. The Bertz CT molecular complexity index is 706. The van der Waals surface area contributed by atoms with Gasteiger partial charge < -0.3 is 10.7 Å². The molecule has 108 valence electrons. The van der Waals surface area contributed by atoms with E-state index in [0.717, 1.165) is 0 Å². The number of carbonyl (C=O) groups excluding carboxylic acids is 1. The summed E-state index contributed by atoms with van der Waals surface area (Å²) in [5, 5.41) is 13.5. The van der Waals surface area contributed by atoms with Crippen molar-refractivity contribution < 1.29 is 9.72 Å². The van der Waals surface area contributed by atoms with E-state index >= 15 is 0 Å². The molecule has 0 atom stereocenters. The summed E-state index contributed by atoms with van der Waals surface area (Å²) < 4.78 is 0. The number of nitrogens with two attached hydrogens (primary N) is 1. The first-order chi connectivity index (χ1) is 10.0. The van der Waals surface area contributed by atoms with Crippen LogP contribution < -0.4 is 16.6 Å². The predicted molar refractivity (Wildman–Crippen MR) is 80.3 cm³/mol. The summed E-state index contributed by atoms with van der Waals surface area (Å²) >= 11 is 5.93. The second-order valence-corrected chi connectivity index (χ2v) is 4.47. The molecule has 0 fully saturated rings. The fourth-order valence-electron chi connectivity index (χ4n) is 1.72. The smallest absolute Gasteiger partial charge is 0.271 e. The van der Waals surface area contributed by atoms with E-state index in [-0.39, 0.29) is 16.4 Å². The van der Waals surface area contributed by atoms with Gasteiger partial charge in [-0.1, -0.05) is 23.7 Å². The quantitative estimate of drug-likeness (QED) is 0.457. The summed E-state index contributed by atoms with van der Waals surface area (Å²) in [6.45, 7) is 0. The summed E-state index contributed by atoms with van der Waals surface area (Å²) in [7, 11) is 0. The number of nitrogens with zero attached hydrogens (tertiary/aromatic N) is 1. The zero-order chi connectivity index (χ0) is 15.4. The van der Waals surface area contributed by atoms with Crippen LogP contribution in [0, 0.1) is 10.1 Å². The van der Waals surface area contributed by atoms with Crippen molar-refractivity contribution in [2.24, 2.45) is 5.84 Å². The number of benzene rings is 2. The first-order valence-corrected chi connectivity index (χ1v) is 6.21. The highest BCUT2D eigenvalue weighted by atomic mass is 35.5. The Hall–Kier alpha value is -2.64. The summed E-state index contributed by atoms with van der Waals surface area (Å²) in [4.78, 5) is 22.4. The predicted octanol–water partition coefficient (Wildman–Crippen LogP) is 2.79. The largest absolute Gasteiger partial charge is 0.323 e. The number of nitro groups is 1. The van der Waals surface area contributed by atoms with Gasteiger partial charge in [-0.3, -0.25) is 20.8 Å². The minimum Gasteiger partial charge on any atom is -0.323 e. The number of carbonyl (C=O) groups is 1. The molecular formula is C13H11ClN4O3. The molecule has 0 saturated carbocycles. The fraction of sp³-hybridized carbons (Fsp3) is 0. The van der Waals surface area contributed by atoms with Crippen LogP contribution in [0.15, 0.2) is 42.5 Å². The molecule has 0 unspecified atom stereocenters. The van der Waals surface area contributed by atoms with E-state index in [4.69, 9.17) is 17.4 Å². The van der Waals surface area contributed by atoms with Gasteiger partial charge in [-0.15, -0.1) is 0 Å². The summed E-state index contributed by atoms with van der Waals surface area (Å²) in [6.07, 6.45) is 0. The highest BCUT2D eigenvalue weighted by Gasteiger charge is 2.15. The number of halogens is 1. The molecule has 4 N–H and O–H groups in total. The van der Waals surface area contributed by atoms with Crippen LogP contribution in [-0.2, 0) is 0 Å². The van der Waals surface area contributed by atoms with Gasteiger partial charge in [0.1, 0.15) is 0 Å². The maximum atomic E-state index is 12.2. The van der Waals surface area contributed by atoms with Crippen LogP contribution in [0.1, 0.15) is 10.4 Å². The molecule has 21 heavy (non-hydrogen) atoms. The van der Waals surface area contributed by atoms with Crippen LogP contribution in [0.3, 0.4) is 0 Å². The lowest BCUT2D eigenvalue weighted by Gasteiger charge is -2.10. The lowest BCUT2D eigenvalue weighted by molar-refractivity contribution is -0.384. The monoisotopic (exact) mass is 306 g/mol. The van der Waals surface area contributed by atoms with Crippen molar-refractivity contribution in [2.75, 3.05) is 10.7 Å². The molecule has 0 saturated heterocycles. The average molecular weight is 307 g/mol. The third-order valence-electron chi connectivity index (χ3n) is 2.74. The van der Waals surface area contributed by atoms with E-state index in [2.05, 4.69) is 10.7 Å². The number of rotatable bonds is 4. The van der Waals surface area contributed by atoms with Crippen LogP contribution in [0.4, 0.5) is 17.1 Å². The summed E-state index contributed by atoms with van der Waals surface area (Å²) in [5.41, 5.74) is 3.11. The molecule has 1 amide bonds. The number of hydrogen-bond acceptors (Lipinski definition) is 5. The standard InChI is InChI=1S/C13H11ClN4O3/c14-10-6-5-8(18(20)21)7-12(10)16-13(19)9-3-1-2-4-11(9)17-15/h1-7,17H,15H2,(H,16,19). The van der Waals surface area contributed by atoms with Gasteiger partial charge in [0, 0.05) is 12.1 Å². The SMILES string of the molecule is NNc1ccccc1C(=O)Nc1cc([N+](=O)[O-])ccc1Cl. The van der Waals surface area contributed by atoms with Crippen molar-refractivity contribution in [3.05, 3.63) is 63.2 Å². The molecule has 2 aromatic carbocycles. The van der Waals surface area contributed by atoms with Crippen LogP contribution >= 0.6 is 11.6 Å². The Morgan fingerprint density at radius 1 is 1.19 bits per heavy atom. The number of amides is 1. The van der Waals surface area contributed by atoms with Crippen LogP contribution in [0.2, 0.25) is 5.02 Å². The van der Waals surface area contributed by atoms with Crippen molar-refractivity contribution in [2.45, 2.75) is 0 Å². The Labute approximate surface area is 124 Å². The van der Waals surface area contributed by atoms with Gasteiger partial charge in [0.2, 0.25) is 0 Å². The Morgan fingerprint density at radius 2 is 1.90 bits per heavy atom. The molecule has 0 aromatic heterocycles. The molecule has 0 spiro atoms. The van der Waals surface area contributed by atoms with E-state index in [1.807, 2.05) is 0 Å². The topological polar surface area (TPSA) is 110 Å². The number of nitrogens with one attached hydrogen (secondary N) is 2. The van der Waals surface area contributed by atoms with Gasteiger partial charge in [0.15, 0.2) is 0 Å². The van der Waals surface area contributed by atoms with Crippen LogP contribution in [0.5, 0.6) is 0 Å². The molecule has 0 heterocycles. The average Bonchev–Trinajstić information content (AvgIpc) is 2.49. The number of anilines is 2. The van der Waals surface area contributed by atoms with Crippen LogP contribution in [-0.4, -0.2) is 10.8 Å². The van der Waals surface area contributed by atoms with Crippen molar-refractivity contribution >= 4 is 34.6 Å².